The van der Waals surface area contributed by atoms with Crippen LogP contribution in [-0.2, 0) is 17.8 Å². The van der Waals surface area contributed by atoms with Crippen LogP contribution in [0.4, 0.5) is 5.82 Å². The van der Waals surface area contributed by atoms with Gasteiger partial charge in [0.2, 0.25) is 0 Å². The van der Waals surface area contributed by atoms with Crippen molar-refractivity contribution in [2.45, 2.75) is 51.0 Å². The van der Waals surface area contributed by atoms with E-state index in [0.717, 1.165) is 28.8 Å². The normalized spacial score (nSPS) is 18.8. The Balaban J connectivity index is 1.72. The quantitative estimate of drug-likeness (QED) is 0.348. The molecule has 4 rings (SSSR count). The fourth-order valence-electron chi connectivity index (χ4n) is 3.15. The van der Waals surface area contributed by atoms with Crippen LogP contribution in [0.1, 0.15) is 48.2 Å². The summed E-state index contributed by atoms with van der Waals surface area (Å²) in [5.74, 6) is 1.36. The second kappa shape index (κ2) is 7.73. The Morgan fingerprint density at radius 1 is 1.39 bits per heavy atom. The first-order chi connectivity index (χ1) is 13.5. The zero-order valence-corrected chi connectivity index (χ0v) is 17.6. The first kappa shape index (κ1) is 19.2. The van der Waals surface area contributed by atoms with Gasteiger partial charge in [0, 0.05) is 11.3 Å². The van der Waals surface area contributed by atoms with Crippen LogP contribution in [-0.4, -0.2) is 27.2 Å². The molecule has 0 fully saturated rings. The summed E-state index contributed by atoms with van der Waals surface area (Å²) >= 11 is 3.20. The number of carbonyl (C=O) groups excluding carboxylic acids is 1. The third-order valence-electron chi connectivity index (χ3n) is 4.88. The summed E-state index contributed by atoms with van der Waals surface area (Å²) < 4.78 is 11.2. The summed E-state index contributed by atoms with van der Waals surface area (Å²) in [5, 5.41) is 1.64. The highest BCUT2D eigenvalue weighted by Gasteiger charge is 2.33. The lowest BCUT2D eigenvalue weighted by molar-refractivity contribution is -0.0543. The molecule has 148 valence electrons. The number of hydrogen-bond donors (Lipinski definition) is 2. The van der Waals surface area contributed by atoms with E-state index in [1.54, 1.807) is 35.2 Å². The van der Waals surface area contributed by atoms with Crippen LogP contribution in [0, 0.1) is 0 Å². The molecule has 0 bridgehead atoms. The third-order valence-corrected chi connectivity index (χ3v) is 6.71. The number of thiophene rings is 1. The Morgan fingerprint density at radius 2 is 2.25 bits per heavy atom. The number of nitrogens with one attached hydrogen (secondary N) is 2. The van der Waals surface area contributed by atoms with Crippen molar-refractivity contribution in [3.05, 3.63) is 34.6 Å². The van der Waals surface area contributed by atoms with Crippen LogP contribution in [0.15, 0.2) is 28.0 Å². The predicted octanol–water partition coefficient (Wildman–Crippen LogP) is 4.39. The fraction of sp³-hybridized carbons (Fsp3) is 0.421. The number of anilines is 1. The van der Waals surface area contributed by atoms with Crippen molar-refractivity contribution in [3.63, 3.8) is 0 Å². The van der Waals surface area contributed by atoms with Crippen LogP contribution < -0.4 is 10.9 Å². The molecule has 1 aliphatic rings. The van der Waals surface area contributed by atoms with Gasteiger partial charge in [-0.1, -0.05) is 25.6 Å². The highest BCUT2D eigenvalue weighted by molar-refractivity contribution is 7.99. The number of ether oxygens (including phenoxy) is 1. The van der Waals surface area contributed by atoms with Crippen LogP contribution in [0.5, 0.6) is 0 Å². The molecule has 9 heteroatoms. The van der Waals surface area contributed by atoms with Gasteiger partial charge in [-0.3, -0.25) is 15.6 Å². The molecule has 4 heterocycles. The molecule has 0 saturated carbocycles. The van der Waals surface area contributed by atoms with Crippen molar-refractivity contribution in [2.24, 2.45) is 0 Å². The standard InChI is InChI=1S/C19H22N4O3S2/c1-4-19(3)9-11-13(10-26-19)28-17-14(11)15(20-18(21-17)27-5-2)22-23-16(24)12-7-6-8-25-12/h6-8H,4-5,9-10H2,1-3H3,(H,23,24)(H,20,21,22)/t19-/m0/s1. The largest absolute Gasteiger partial charge is 0.459 e. The zero-order chi connectivity index (χ0) is 19.7. The fourth-order valence-corrected chi connectivity index (χ4v) is 4.88. The number of hydrazine groups is 1. The van der Waals surface area contributed by atoms with Gasteiger partial charge in [0.15, 0.2) is 16.7 Å². The summed E-state index contributed by atoms with van der Waals surface area (Å²) in [5.41, 5.74) is 6.69. The summed E-state index contributed by atoms with van der Waals surface area (Å²) in [7, 11) is 0. The van der Waals surface area contributed by atoms with Gasteiger partial charge in [-0.25, -0.2) is 9.97 Å². The molecule has 0 spiro atoms. The molecular weight excluding hydrogens is 396 g/mol. The van der Waals surface area contributed by atoms with E-state index >= 15 is 0 Å². The third kappa shape index (κ3) is 3.61. The highest BCUT2D eigenvalue weighted by Crippen LogP contribution is 2.42. The van der Waals surface area contributed by atoms with E-state index in [1.807, 2.05) is 0 Å². The molecule has 3 aromatic heterocycles. The molecule has 3 aromatic rings. The number of fused-ring (bicyclic) bond motifs is 3. The second-order valence-corrected chi connectivity index (χ2v) is 9.11. The number of amides is 1. The SMILES string of the molecule is CCSc1nc(NNC(=O)c2ccco2)c2c3c(sc2n1)CO[C@@](C)(CC)C3. The Labute approximate surface area is 171 Å². The number of rotatable bonds is 6. The molecule has 0 aliphatic carbocycles. The van der Waals surface area contributed by atoms with Gasteiger partial charge in [0.05, 0.1) is 23.9 Å². The Bertz CT molecular complexity index is 1000. The van der Waals surface area contributed by atoms with Crippen molar-refractivity contribution in [1.29, 1.82) is 0 Å². The number of thioether (sulfide) groups is 1. The van der Waals surface area contributed by atoms with E-state index in [4.69, 9.17) is 14.1 Å². The topological polar surface area (TPSA) is 89.3 Å². The number of carbonyl (C=O) groups is 1. The minimum Gasteiger partial charge on any atom is -0.459 e. The first-order valence-corrected chi connectivity index (χ1v) is 11.0. The monoisotopic (exact) mass is 418 g/mol. The minimum atomic E-state index is -0.354. The van der Waals surface area contributed by atoms with Crippen molar-refractivity contribution in [2.75, 3.05) is 11.2 Å². The molecule has 28 heavy (non-hydrogen) atoms. The minimum absolute atomic E-state index is 0.202. The number of aromatic nitrogens is 2. The van der Waals surface area contributed by atoms with E-state index in [2.05, 4.69) is 36.6 Å². The van der Waals surface area contributed by atoms with Gasteiger partial charge in [-0.05, 0) is 36.8 Å². The van der Waals surface area contributed by atoms with Gasteiger partial charge in [0.25, 0.3) is 0 Å². The highest BCUT2D eigenvalue weighted by atomic mass is 32.2. The molecule has 7 nitrogen and oxygen atoms in total. The van der Waals surface area contributed by atoms with Crippen molar-refractivity contribution < 1.29 is 13.9 Å². The maximum Gasteiger partial charge on any atom is 0.305 e. The molecular formula is C19H22N4O3S2. The lowest BCUT2D eigenvalue weighted by Crippen LogP contribution is -2.34. The average Bonchev–Trinajstić information content (AvgIpc) is 3.34. The van der Waals surface area contributed by atoms with E-state index in [-0.39, 0.29) is 17.3 Å². The zero-order valence-electron chi connectivity index (χ0n) is 16.0. The van der Waals surface area contributed by atoms with E-state index in [0.29, 0.717) is 17.6 Å². The van der Waals surface area contributed by atoms with Crippen molar-refractivity contribution >= 4 is 45.0 Å². The average molecular weight is 419 g/mol. The Hall–Kier alpha value is -2.10. The van der Waals surface area contributed by atoms with E-state index in [1.165, 1.54) is 16.7 Å². The van der Waals surface area contributed by atoms with Crippen LogP contribution >= 0.6 is 23.1 Å². The van der Waals surface area contributed by atoms with Crippen LogP contribution in [0.2, 0.25) is 0 Å². The summed E-state index contributed by atoms with van der Waals surface area (Å²) in [4.78, 5) is 23.7. The molecule has 0 saturated heterocycles. The summed E-state index contributed by atoms with van der Waals surface area (Å²) in [6.45, 7) is 6.90. The maximum atomic E-state index is 12.3. The van der Waals surface area contributed by atoms with Gasteiger partial charge in [-0.2, -0.15) is 0 Å². The van der Waals surface area contributed by atoms with Gasteiger partial charge < -0.3 is 9.15 Å². The molecule has 1 aliphatic heterocycles. The number of nitrogens with zero attached hydrogens (tertiary/aromatic N) is 2. The molecule has 0 aromatic carbocycles. The smallest absolute Gasteiger partial charge is 0.305 e. The summed E-state index contributed by atoms with van der Waals surface area (Å²) in [6, 6.07) is 3.29. The van der Waals surface area contributed by atoms with E-state index < -0.39 is 0 Å². The lowest BCUT2D eigenvalue weighted by atomic mass is 9.90. The number of hydrogen-bond acceptors (Lipinski definition) is 8. The Kier molecular flexibility index (Phi) is 5.31. The predicted molar refractivity (Wildman–Crippen MR) is 111 cm³/mol. The summed E-state index contributed by atoms with van der Waals surface area (Å²) in [6.07, 6.45) is 3.18. The van der Waals surface area contributed by atoms with Gasteiger partial charge in [0.1, 0.15) is 4.83 Å². The molecule has 1 amide bonds. The maximum absolute atomic E-state index is 12.3. The number of furan rings is 1. The Morgan fingerprint density at radius 3 is 2.96 bits per heavy atom. The first-order valence-electron chi connectivity index (χ1n) is 9.22. The van der Waals surface area contributed by atoms with Crippen LogP contribution in [0.25, 0.3) is 10.2 Å². The molecule has 0 unspecified atom stereocenters. The molecule has 2 N–H and O–H groups in total. The molecule has 0 radical (unpaired) electrons. The van der Waals surface area contributed by atoms with Crippen molar-refractivity contribution in [1.82, 2.24) is 15.4 Å². The second-order valence-electron chi connectivity index (χ2n) is 6.80. The van der Waals surface area contributed by atoms with Gasteiger partial charge in [-0.15, -0.1) is 11.3 Å². The van der Waals surface area contributed by atoms with Crippen LogP contribution in [0.3, 0.4) is 0 Å². The lowest BCUT2D eigenvalue weighted by Gasteiger charge is -2.33. The van der Waals surface area contributed by atoms with E-state index in [9.17, 15) is 4.79 Å². The van der Waals surface area contributed by atoms with Crippen molar-refractivity contribution in [3.8, 4) is 0 Å². The van der Waals surface area contributed by atoms with Gasteiger partial charge >= 0.3 is 5.91 Å². The molecule has 1 atom stereocenters.